The van der Waals surface area contributed by atoms with Crippen molar-refractivity contribution < 1.29 is 14.3 Å². The Labute approximate surface area is 99.3 Å². The van der Waals surface area contributed by atoms with Crippen LogP contribution in [0.15, 0.2) is 0 Å². The highest BCUT2D eigenvalue weighted by Crippen LogP contribution is 2.12. The second-order valence-corrected chi connectivity index (χ2v) is 4.39. The minimum atomic E-state index is -1.14. The summed E-state index contributed by atoms with van der Waals surface area (Å²) < 4.78 is 4.66. The van der Waals surface area contributed by atoms with Crippen LogP contribution in [0.25, 0.3) is 0 Å². The van der Waals surface area contributed by atoms with Gasteiger partial charge in [-0.3, -0.25) is 4.79 Å². The quantitative estimate of drug-likeness (QED) is 0.766. The average molecular weight is 256 g/mol. The van der Waals surface area contributed by atoms with Crippen LogP contribution in [0.5, 0.6) is 0 Å². The fourth-order valence-corrected chi connectivity index (χ4v) is 1.27. The third-order valence-electron chi connectivity index (χ3n) is 1.74. The van der Waals surface area contributed by atoms with Crippen LogP contribution in [0.2, 0.25) is 0 Å². The van der Waals surface area contributed by atoms with E-state index in [9.17, 15) is 9.59 Å². The first-order chi connectivity index (χ1) is 6.90. The molecule has 88 valence electrons. The summed E-state index contributed by atoms with van der Waals surface area (Å²) in [6, 6.07) is -0.718. The van der Waals surface area contributed by atoms with Crippen molar-refractivity contribution in [3.63, 3.8) is 0 Å². The van der Waals surface area contributed by atoms with E-state index < -0.39 is 22.8 Å². The number of hydrogen-bond donors (Lipinski definition) is 1. The van der Waals surface area contributed by atoms with E-state index in [-0.39, 0.29) is 12.5 Å². The molecule has 0 fully saturated rings. The molecule has 0 aliphatic carbocycles. The van der Waals surface area contributed by atoms with Crippen LogP contribution in [0, 0.1) is 5.92 Å². The average Bonchev–Trinajstić information content (AvgIpc) is 2.13. The molecule has 0 rings (SSSR count). The lowest BCUT2D eigenvalue weighted by atomic mass is 10.0. The van der Waals surface area contributed by atoms with Crippen LogP contribution in [0.1, 0.15) is 20.8 Å². The van der Waals surface area contributed by atoms with Crippen molar-refractivity contribution in [3.8, 4) is 0 Å². The van der Waals surface area contributed by atoms with Gasteiger partial charge in [0.05, 0.1) is 12.6 Å². The van der Waals surface area contributed by atoms with E-state index in [0.717, 1.165) is 0 Å². The summed E-state index contributed by atoms with van der Waals surface area (Å²) in [5.41, 5.74) is 0. The van der Waals surface area contributed by atoms with Gasteiger partial charge in [-0.15, -0.1) is 0 Å². The number of carbonyl (C=O) groups is 2. The van der Waals surface area contributed by atoms with Crippen LogP contribution in [-0.4, -0.2) is 29.4 Å². The van der Waals surface area contributed by atoms with Gasteiger partial charge in [-0.2, -0.15) is 0 Å². The topological polar surface area (TPSA) is 55.4 Å². The molecule has 0 saturated heterocycles. The van der Waals surface area contributed by atoms with E-state index in [1.807, 2.05) is 0 Å². The minimum absolute atomic E-state index is 0.0955. The van der Waals surface area contributed by atoms with Crippen molar-refractivity contribution in [2.45, 2.75) is 31.6 Å². The number of Topliss-reactive ketones (excluding diaryl/α,β-unsaturated/α-hetero) is 1. The van der Waals surface area contributed by atoms with Gasteiger partial charge in [0.2, 0.25) is 0 Å². The molecular formula is C9H15Cl2NO3. The fraction of sp³-hybridized carbons (Fsp3) is 0.778. The van der Waals surface area contributed by atoms with E-state index in [1.165, 1.54) is 0 Å². The number of rotatable bonds is 5. The zero-order valence-corrected chi connectivity index (χ0v) is 10.4. The third-order valence-corrected chi connectivity index (χ3v) is 2.17. The number of ether oxygens (including phenoxy) is 1. The molecule has 0 saturated carbocycles. The van der Waals surface area contributed by atoms with Crippen molar-refractivity contribution >= 4 is 35.1 Å². The Balaban J connectivity index is 4.41. The summed E-state index contributed by atoms with van der Waals surface area (Å²) >= 11 is 10.9. The number of alkyl carbamates (subject to hydrolysis) is 1. The van der Waals surface area contributed by atoms with Gasteiger partial charge >= 0.3 is 6.09 Å². The lowest BCUT2D eigenvalue weighted by Gasteiger charge is -2.20. The first-order valence-corrected chi connectivity index (χ1v) is 5.52. The van der Waals surface area contributed by atoms with E-state index >= 15 is 0 Å². The van der Waals surface area contributed by atoms with E-state index in [4.69, 9.17) is 23.2 Å². The highest BCUT2D eigenvalue weighted by atomic mass is 35.5. The van der Waals surface area contributed by atoms with Crippen LogP contribution in [0.3, 0.4) is 0 Å². The molecule has 0 heterocycles. The Bertz CT molecular complexity index is 231. The summed E-state index contributed by atoms with van der Waals surface area (Å²) in [6.07, 6.45) is -0.640. The third kappa shape index (κ3) is 5.23. The van der Waals surface area contributed by atoms with Crippen LogP contribution in [-0.2, 0) is 9.53 Å². The maximum Gasteiger partial charge on any atom is 0.407 e. The number of amides is 1. The monoisotopic (exact) mass is 255 g/mol. The lowest BCUT2D eigenvalue weighted by molar-refractivity contribution is -0.120. The molecule has 0 aliphatic heterocycles. The van der Waals surface area contributed by atoms with Gasteiger partial charge in [-0.05, 0) is 12.8 Å². The minimum Gasteiger partial charge on any atom is -0.450 e. The number of hydrogen-bond acceptors (Lipinski definition) is 3. The molecule has 1 N–H and O–H groups in total. The molecular weight excluding hydrogens is 241 g/mol. The predicted molar refractivity (Wildman–Crippen MR) is 59.3 cm³/mol. The summed E-state index contributed by atoms with van der Waals surface area (Å²) in [6.45, 7) is 5.49. The highest BCUT2D eigenvalue weighted by molar-refractivity contribution is 6.54. The molecule has 1 amide bonds. The molecule has 0 radical (unpaired) electrons. The van der Waals surface area contributed by atoms with Gasteiger partial charge in [0, 0.05) is 0 Å². The first kappa shape index (κ1) is 14.5. The SMILES string of the molecule is CCOC(=O)NC(C(=O)C(Cl)Cl)C(C)C. The van der Waals surface area contributed by atoms with E-state index in [1.54, 1.807) is 20.8 Å². The molecule has 0 spiro atoms. The van der Waals surface area contributed by atoms with Crippen LogP contribution in [0.4, 0.5) is 4.79 Å². The summed E-state index contributed by atoms with van der Waals surface area (Å²) in [7, 11) is 0. The zero-order valence-electron chi connectivity index (χ0n) is 8.92. The van der Waals surface area contributed by atoms with Gasteiger partial charge in [0.15, 0.2) is 10.6 Å². The summed E-state index contributed by atoms with van der Waals surface area (Å²) in [5.74, 6) is -0.525. The van der Waals surface area contributed by atoms with Crippen molar-refractivity contribution in [1.82, 2.24) is 5.32 Å². The van der Waals surface area contributed by atoms with Crippen LogP contribution < -0.4 is 5.32 Å². The van der Waals surface area contributed by atoms with Gasteiger partial charge < -0.3 is 10.1 Å². The van der Waals surface area contributed by atoms with Crippen molar-refractivity contribution in [1.29, 1.82) is 0 Å². The maximum absolute atomic E-state index is 11.5. The number of carbonyl (C=O) groups excluding carboxylic acids is 2. The maximum atomic E-state index is 11.5. The van der Waals surface area contributed by atoms with Gasteiger partial charge in [-0.1, -0.05) is 37.0 Å². The van der Waals surface area contributed by atoms with Crippen LogP contribution >= 0.6 is 23.2 Å². The normalized spacial score (nSPS) is 12.7. The molecule has 1 unspecified atom stereocenters. The predicted octanol–water partition coefficient (Wildman–Crippen LogP) is 2.13. The lowest BCUT2D eigenvalue weighted by Crippen LogP contribution is -2.46. The number of ketones is 1. The molecule has 15 heavy (non-hydrogen) atoms. The summed E-state index contributed by atoms with van der Waals surface area (Å²) in [5, 5.41) is 2.42. The number of halogens is 2. The Morgan fingerprint density at radius 2 is 1.87 bits per heavy atom. The van der Waals surface area contributed by atoms with Crippen molar-refractivity contribution in [2.75, 3.05) is 6.61 Å². The van der Waals surface area contributed by atoms with E-state index in [2.05, 4.69) is 10.1 Å². The Morgan fingerprint density at radius 1 is 1.33 bits per heavy atom. The molecule has 0 aromatic rings. The Morgan fingerprint density at radius 3 is 2.20 bits per heavy atom. The highest BCUT2D eigenvalue weighted by Gasteiger charge is 2.28. The second kappa shape index (κ2) is 6.90. The molecule has 6 heteroatoms. The summed E-state index contributed by atoms with van der Waals surface area (Å²) in [4.78, 5) is 21.5. The standard InChI is InChI=1S/C9H15Cl2NO3/c1-4-15-9(14)12-6(5(2)3)7(13)8(10)11/h5-6,8H,4H2,1-3H3,(H,12,14). The molecule has 0 aromatic carbocycles. The molecule has 0 aliphatic rings. The van der Waals surface area contributed by atoms with Gasteiger partial charge in [-0.25, -0.2) is 4.79 Å². The smallest absolute Gasteiger partial charge is 0.407 e. The first-order valence-electron chi connectivity index (χ1n) is 4.65. The number of alkyl halides is 2. The largest absolute Gasteiger partial charge is 0.450 e. The number of nitrogens with one attached hydrogen (secondary N) is 1. The fourth-order valence-electron chi connectivity index (χ4n) is 1.00. The van der Waals surface area contributed by atoms with Gasteiger partial charge in [0.25, 0.3) is 0 Å². The molecule has 1 atom stereocenters. The molecule has 0 aromatic heterocycles. The molecule has 0 bridgehead atoms. The molecule has 4 nitrogen and oxygen atoms in total. The Kier molecular flexibility index (Phi) is 6.68. The van der Waals surface area contributed by atoms with Crippen molar-refractivity contribution in [3.05, 3.63) is 0 Å². The van der Waals surface area contributed by atoms with E-state index in [0.29, 0.717) is 0 Å². The van der Waals surface area contributed by atoms with Crippen molar-refractivity contribution in [2.24, 2.45) is 5.92 Å². The Hall–Kier alpha value is -0.480. The second-order valence-electron chi connectivity index (χ2n) is 3.29. The van der Waals surface area contributed by atoms with Gasteiger partial charge in [0.1, 0.15) is 0 Å². The zero-order chi connectivity index (χ0) is 12.0.